The third kappa shape index (κ3) is 4.20. The van der Waals surface area contributed by atoms with Gasteiger partial charge in [0, 0.05) is 25.4 Å². The van der Waals surface area contributed by atoms with Crippen LogP contribution in [-0.2, 0) is 9.53 Å². The van der Waals surface area contributed by atoms with Crippen molar-refractivity contribution >= 4 is 11.6 Å². The highest BCUT2D eigenvalue weighted by Gasteiger charge is 2.30. The molecular formula is C15H21FN2O2. The second-order valence-electron chi connectivity index (χ2n) is 5.14. The average Bonchev–Trinajstić information content (AvgIpc) is 2.84. The standard InChI is InChI=1S/C15H21FN2O2/c1-11-6-9-20-14(11)15(19)18-8-3-7-17-13-5-2-4-12(16)10-13/h2,4-5,10-11,14,17H,3,6-9H2,1H3,(H,18,19). The first-order valence-corrected chi connectivity index (χ1v) is 7.05. The molecule has 0 saturated carbocycles. The van der Waals surface area contributed by atoms with Crippen LogP contribution in [0.5, 0.6) is 0 Å². The van der Waals surface area contributed by atoms with Gasteiger partial charge < -0.3 is 15.4 Å². The van der Waals surface area contributed by atoms with E-state index in [0.29, 0.717) is 25.6 Å². The van der Waals surface area contributed by atoms with Crippen LogP contribution in [0.15, 0.2) is 24.3 Å². The Morgan fingerprint density at radius 2 is 2.30 bits per heavy atom. The van der Waals surface area contributed by atoms with E-state index < -0.39 is 0 Å². The van der Waals surface area contributed by atoms with Crippen LogP contribution in [0.4, 0.5) is 10.1 Å². The molecule has 2 atom stereocenters. The maximum absolute atomic E-state index is 12.9. The first kappa shape index (κ1) is 14.8. The van der Waals surface area contributed by atoms with E-state index in [1.54, 1.807) is 6.07 Å². The van der Waals surface area contributed by atoms with Crippen molar-refractivity contribution in [2.24, 2.45) is 5.92 Å². The fourth-order valence-corrected chi connectivity index (χ4v) is 2.26. The fraction of sp³-hybridized carbons (Fsp3) is 0.533. The number of carbonyl (C=O) groups is 1. The molecule has 1 fully saturated rings. The number of hydrogen-bond donors (Lipinski definition) is 2. The summed E-state index contributed by atoms with van der Waals surface area (Å²) in [5.41, 5.74) is 0.754. The summed E-state index contributed by atoms with van der Waals surface area (Å²) in [6, 6.07) is 6.34. The van der Waals surface area contributed by atoms with E-state index >= 15 is 0 Å². The maximum Gasteiger partial charge on any atom is 0.249 e. The quantitative estimate of drug-likeness (QED) is 0.785. The minimum Gasteiger partial charge on any atom is -0.385 e. The molecule has 0 spiro atoms. The van der Waals surface area contributed by atoms with Crippen molar-refractivity contribution in [1.29, 1.82) is 0 Å². The largest absolute Gasteiger partial charge is 0.385 e. The third-order valence-electron chi connectivity index (χ3n) is 3.45. The minimum absolute atomic E-state index is 0.0271. The van der Waals surface area contributed by atoms with Crippen LogP contribution in [-0.4, -0.2) is 31.7 Å². The highest BCUT2D eigenvalue weighted by molar-refractivity contribution is 5.81. The molecule has 0 aromatic heterocycles. The first-order valence-electron chi connectivity index (χ1n) is 7.05. The Balaban J connectivity index is 1.61. The second-order valence-corrected chi connectivity index (χ2v) is 5.14. The molecule has 1 aliphatic heterocycles. The Kier molecular flexibility index (Phi) is 5.35. The van der Waals surface area contributed by atoms with Crippen molar-refractivity contribution in [3.63, 3.8) is 0 Å². The molecule has 5 heteroatoms. The van der Waals surface area contributed by atoms with Gasteiger partial charge in [-0.25, -0.2) is 4.39 Å². The van der Waals surface area contributed by atoms with Gasteiger partial charge in [-0.15, -0.1) is 0 Å². The van der Waals surface area contributed by atoms with E-state index in [1.165, 1.54) is 12.1 Å². The first-order chi connectivity index (χ1) is 9.66. The van der Waals surface area contributed by atoms with Crippen LogP contribution in [0.25, 0.3) is 0 Å². The van der Waals surface area contributed by atoms with E-state index in [2.05, 4.69) is 10.6 Å². The number of anilines is 1. The predicted octanol–water partition coefficient (Wildman–Crippen LogP) is 2.17. The van der Waals surface area contributed by atoms with Gasteiger partial charge in [0.05, 0.1) is 0 Å². The van der Waals surface area contributed by atoms with Crippen molar-refractivity contribution in [1.82, 2.24) is 5.32 Å². The smallest absolute Gasteiger partial charge is 0.249 e. The van der Waals surface area contributed by atoms with E-state index in [0.717, 1.165) is 18.5 Å². The normalized spacial score (nSPS) is 21.7. The van der Waals surface area contributed by atoms with E-state index in [4.69, 9.17) is 4.74 Å². The summed E-state index contributed by atoms with van der Waals surface area (Å²) in [5, 5.41) is 5.99. The number of nitrogens with one attached hydrogen (secondary N) is 2. The molecule has 1 heterocycles. The molecule has 1 amide bonds. The van der Waals surface area contributed by atoms with Crippen LogP contribution in [0, 0.1) is 11.7 Å². The van der Waals surface area contributed by atoms with Crippen LogP contribution >= 0.6 is 0 Å². The Morgan fingerprint density at radius 3 is 3.00 bits per heavy atom. The van der Waals surface area contributed by atoms with Gasteiger partial charge in [0.15, 0.2) is 0 Å². The van der Waals surface area contributed by atoms with E-state index in [-0.39, 0.29) is 17.8 Å². The van der Waals surface area contributed by atoms with Gasteiger partial charge in [-0.05, 0) is 37.0 Å². The van der Waals surface area contributed by atoms with Crippen molar-refractivity contribution in [3.8, 4) is 0 Å². The predicted molar refractivity (Wildman–Crippen MR) is 76.0 cm³/mol. The second kappa shape index (κ2) is 7.24. The molecule has 2 N–H and O–H groups in total. The van der Waals surface area contributed by atoms with Gasteiger partial charge in [-0.2, -0.15) is 0 Å². The van der Waals surface area contributed by atoms with Crippen molar-refractivity contribution in [2.75, 3.05) is 25.0 Å². The molecule has 2 rings (SSSR count). The van der Waals surface area contributed by atoms with Gasteiger partial charge in [0.2, 0.25) is 5.91 Å². The molecule has 20 heavy (non-hydrogen) atoms. The zero-order chi connectivity index (χ0) is 14.4. The highest BCUT2D eigenvalue weighted by atomic mass is 19.1. The fourth-order valence-electron chi connectivity index (χ4n) is 2.26. The van der Waals surface area contributed by atoms with E-state index in [9.17, 15) is 9.18 Å². The number of rotatable bonds is 6. The number of hydrogen-bond acceptors (Lipinski definition) is 3. The Bertz CT molecular complexity index is 453. The number of halogens is 1. The zero-order valence-electron chi connectivity index (χ0n) is 11.7. The highest BCUT2D eigenvalue weighted by Crippen LogP contribution is 2.19. The number of carbonyl (C=O) groups excluding carboxylic acids is 1. The van der Waals surface area contributed by atoms with Crippen LogP contribution in [0.2, 0.25) is 0 Å². The molecular weight excluding hydrogens is 259 g/mol. The minimum atomic E-state index is -0.300. The lowest BCUT2D eigenvalue weighted by molar-refractivity contribution is -0.131. The molecule has 1 saturated heterocycles. The summed E-state index contributed by atoms with van der Waals surface area (Å²) in [6.45, 7) is 3.97. The topological polar surface area (TPSA) is 50.4 Å². The SMILES string of the molecule is CC1CCOC1C(=O)NCCCNc1cccc(F)c1. The molecule has 0 bridgehead atoms. The summed E-state index contributed by atoms with van der Waals surface area (Å²) in [6.07, 6.45) is 1.42. The molecule has 110 valence electrons. The third-order valence-corrected chi connectivity index (χ3v) is 3.45. The molecule has 2 unspecified atom stereocenters. The number of amides is 1. The summed E-state index contributed by atoms with van der Waals surface area (Å²) in [7, 11) is 0. The molecule has 1 aromatic carbocycles. The molecule has 4 nitrogen and oxygen atoms in total. The molecule has 1 aromatic rings. The molecule has 0 aliphatic carbocycles. The summed E-state index contributed by atoms with van der Waals surface area (Å²) in [4.78, 5) is 11.8. The summed E-state index contributed by atoms with van der Waals surface area (Å²) in [5.74, 6) is 0.0110. The zero-order valence-corrected chi connectivity index (χ0v) is 11.7. The number of ether oxygens (including phenoxy) is 1. The lowest BCUT2D eigenvalue weighted by Crippen LogP contribution is -2.38. The Hall–Kier alpha value is -1.62. The van der Waals surface area contributed by atoms with Gasteiger partial charge in [0.25, 0.3) is 0 Å². The average molecular weight is 280 g/mol. The Morgan fingerprint density at radius 1 is 1.45 bits per heavy atom. The van der Waals surface area contributed by atoms with Crippen molar-refractivity contribution < 1.29 is 13.9 Å². The van der Waals surface area contributed by atoms with Crippen LogP contribution in [0.1, 0.15) is 19.8 Å². The number of benzene rings is 1. The monoisotopic (exact) mass is 280 g/mol. The van der Waals surface area contributed by atoms with Gasteiger partial charge in [-0.3, -0.25) is 4.79 Å². The molecule has 0 radical (unpaired) electrons. The Labute approximate surface area is 118 Å². The van der Waals surface area contributed by atoms with Gasteiger partial charge in [0.1, 0.15) is 11.9 Å². The lowest BCUT2D eigenvalue weighted by atomic mass is 10.0. The molecule has 1 aliphatic rings. The van der Waals surface area contributed by atoms with Gasteiger partial charge >= 0.3 is 0 Å². The summed E-state index contributed by atoms with van der Waals surface area (Å²) >= 11 is 0. The van der Waals surface area contributed by atoms with Gasteiger partial charge in [-0.1, -0.05) is 13.0 Å². The lowest BCUT2D eigenvalue weighted by Gasteiger charge is -2.14. The maximum atomic E-state index is 12.9. The van der Waals surface area contributed by atoms with Crippen molar-refractivity contribution in [2.45, 2.75) is 25.9 Å². The van der Waals surface area contributed by atoms with Crippen LogP contribution in [0.3, 0.4) is 0 Å². The van der Waals surface area contributed by atoms with E-state index in [1.807, 2.05) is 13.0 Å². The van der Waals surface area contributed by atoms with Crippen molar-refractivity contribution in [3.05, 3.63) is 30.1 Å². The summed E-state index contributed by atoms with van der Waals surface area (Å²) < 4.78 is 18.3. The van der Waals surface area contributed by atoms with Crippen LogP contribution < -0.4 is 10.6 Å².